The average Bonchev–Trinajstić information content (AvgIpc) is 2.40. The third-order valence-corrected chi connectivity index (χ3v) is 4.73. The van der Waals surface area contributed by atoms with Crippen molar-refractivity contribution in [2.75, 3.05) is 25.9 Å². The van der Waals surface area contributed by atoms with Crippen LogP contribution in [0.2, 0.25) is 0 Å². The summed E-state index contributed by atoms with van der Waals surface area (Å²) < 4.78 is 0. The summed E-state index contributed by atoms with van der Waals surface area (Å²) in [5.74, 6) is 0. The van der Waals surface area contributed by atoms with Crippen molar-refractivity contribution in [3.05, 3.63) is 35.4 Å². The molecule has 1 aromatic rings. The molecule has 3 nitrogen and oxygen atoms in total. The van der Waals surface area contributed by atoms with E-state index in [0.717, 1.165) is 26.1 Å². The number of hydrogen-bond acceptors (Lipinski definition) is 4. The number of β-amino-alcohol motifs (C(OH)–C–C–N with tert-alkyl or cyclic N) is 1. The largest absolute Gasteiger partial charge is 0.391 e. The van der Waals surface area contributed by atoms with Gasteiger partial charge in [0, 0.05) is 31.4 Å². The van der Waals surface area contributed by atoms with Crippen LogP contribution in [0.1, 0.15) is 11.1 Å². The number of thioether (sulfide) groups is 1. The van der Waals surface area contributed by atoms with Crippen LogP contribution < -0.4 is 5.73 Å². The first-order valence-corrected chi connectivity index (χ1v) is 7.73. The molecule has 0 spiro atoms. The van der Waals surface area contributed by atoms with Crippen LogP contribution in [0.25, 0.3) is 0 Å². The van der Waals surface area contributed by atoms with Crippen LogP contribution in [0.4, 0.5) is 0 Å². The minimum atomic E-state index is -0.338. The zero-order valence-electron chi connectivity index (χ0n) is 10.9. The van der Waals surface area contributed by atoms with Crippen molar-refractivity contribution in [2.24, 2.45) is 5.73 Å². The number of hydrogen-bond donors (Lipinski definition) is 2. The summed E-state index contributed by atoms with van der Waals surface area (Å²) in [6.07, 6.45) is 2.75. The van der Waals surface area contributed by atoms with E-state index in [1.807, 2.05) is 6.26 Å². The number of aliphatic hydroxyl groups is 1. The molecule has 0 aliphatic carbocycles. The lowest BCUT2D eigenvalue weighted by atomic mass is 9.99. The second-order valence-electron chi connectivity index (χ2n) is 4.83. The Bertz CT molecular complexity index is 382. The molecule has 1 aliphatic heterocycles. The van der Waals surface area contributed by atoms with Gasteiger partial charge in [0.25, 0.3) is 0 Å². The molecule has 1 aliphatic rings. The lowest BCUT2D eigenvalue weighted by Gasteiger charge is -2.32. The fraction of sp³-hybridized carbons (Fsp3) is 0.571. The molecule has 2 rings (SSSR count). The molecule has 2 unspecified atom stereocenters. The van der Waals surface area contributed by atoms with E-state index < -0.39 is 0 Å². The fourth-order valence-corrected chi connectivity index (χ4v) is 3.10. The van der Waals surface area contributed by atoms with E-state index >= 15 is 0 Å². The van der Waals surface area contributed by atoms with E-state index in [1.165, 1.54) is 11.1 Å². The maximum Gasteiger partial charge on any atom is 0.0797 e. The normalized spacial score (nSPS) is 19.3. The van der Waals surface area contributed by atoms with Crippen molar-refractivity contribution in [1.82, 2.24) is 4.90 Å². The van der Waals surface area contributed by atoms with Gasteiger partial charge >= 0.3 is 0 Å². The van der Waals surface area contributed by atoms with Crippen molar-refractivity contribution in [1.29, 1.82) is 0 Å². The van der Waals surface area contributed by atoms with Gasteiger partial charge in [-0.15, -0.1) is 0 Å². The summed E-state index contributed by atoms with van der Waals surface area (Å²) in [5.41, 5.74) is 8.51. The Balaban J connectivity index is 1.93. The van der Waals surface area contributed by atoms with E-state index in [2.05, 4.69) is 29.2 Å². The third-order valence-electron chi connectivity index (χ3n) is 3.62. The fourth-order valence-electron chi connectivity index (χ4n) is 2.50. The van der Waals surface area contributed by atoms with Gasteiger partial charge in [-0.25, -0.2) is 0 Å². The number of aliphatic hydroxyl groups excluding tert-OH is 1. The lowest BCUT2D eigenvalue weighted by molar-refractivity contribution is 0.105. The molecule has 0 radical (unpaired) electrons. The van der Waals surface area contributed by atoms with Crippen LogP contribution >= 0.6 is 11.8 Å². The van der Waals surface area contributed by atoms with Gasteiger partial charge in [0.05, 0.1) is 6.10 Å². The number of benzene rings is 1. The van der Waals surface area contributed by atoms with Gasteiger partial charge in [0.15, 0.2) is 0 Å². The molecule has 0 saturated carbocycles. The minimum Gasteiger partial charge on any atom is -0.391 e. The molecule has 18 heavy (non-hydrogen) atoms. The Labute approximate surface area is 113 Å². The highest BCUT2D eigenvalue weighted by Gasteiger charge is 2.22. The Kier molecular flexibility index (Phi) is 5.06. The van der Waals surface area contributed by atoms with Gasteiger partial charge in [-0.1, -0.05) is 24.3 Å². The van der Waals surface area contributed by atoms with E-state index in [0.29, 0.717) is 6.54 Å². The standard InChI is InChI=1S/C14H22N2OS/c1-18-14(8-15)13(17)10-16-7-6-11-4-2-3-5-12(11)9-16/h2-5,13-14,17H,6-10,15H2,1H3. The van der Waals surface area contributed by atoms with Crippen LogP contribution in [-0.4, -0.2) is 47.3 Å². The molecular formula is C14H22N2OS. The smallest absolute Gasteiger partial charge is 0.0797 e. The third kappa shape index (κ3) is 3.26. The summed E-state index contributed by atoms with van der Waals surface area (Å²) in [6.45, 7) is 3.22. The zero-order chi connectivity index (χ0) is 13.0. The predicted molar refractivity (Wildman–Crippen MR) is 77.8 cm³/mol. The first-order chi connectivity index (χ1) is 8.74. The molecule has 4 heteroatoms. The van der Waals surface area contributed by atoms with E-state index in [4.69, 9.17) is 5.73 Å². The highest BCUT2D eigenvalue weighted by molar-refractivity contribution is 7.99. The minimum absolute atomic E-state index is 0.141. The highest BCUT2D eigenvalue weighted by atomic mass is 32.2. The molecule has 3 N–H and O–H groups in total. The first kappa shape index (κ1) is 13.9. The Morgan fingerprint density at radius 2 is 2.11 bits per heavy atom. The maximum atomic E-state index is 10.2. The van der Waals surface area contributed by atoms with Crippen molar-refractivity contribution in [3.8, 4) is 0 Å². The highest BCUT2D eigenvalue weighted by Crippen LogP contribution is 2.20. The van der Waals surface area contributed by atoms with Crippen molar-refractivity contribution >= 4 is 11.8 Å². The monoisotopic (exact) mass is 266 g/mol. The molecule has 1 heterocycles. The first-order valence-electron chi connectivity index (χ1n) is 6.44. The van der Waals surface area contributed by atoms with Gasteiger partial charge < -0.3 is 10.8 Å². The van der Waals surface area contributed by atoms with Crippen LogP contribution in [-0.2, 0) is 13.0 Å². The molecule has 0 saturated heterocycles. The van der Waals surface area contributed by atoms with Crippen molar-refractivity contribution < 1.29 is 5.11 Å². The van der Waals surface area contributed by atoms with E-state index in [1.54, 1.807) is 11.8 Å². The molecule has 0 fully saturated rings. The molecule has 0 aromatic heterocycles. The molecule has 2 atom stereocenters. The molecule has 0 amide bonds. The molecule has 100 valence electrons. The number of rotatable bonds is 5. The maximum absolute atomic E-state index is 10.2. The SMILES string of the molecule is CSC(CN)C(O)CN1CCc2ccccc2C1. The number of nitrogens with zero attached hydrogens (tertiary/aromatic N) is 1. The average molecular weight is 266 g/mol. The van der Waals surface area contributed by atoms with Gasteiger partial charge in [0.1, 0.15) is 0 Å². The summed E-state index contributed by atoms with van der Waals surface area (Å²) in [5, 5.41) is 10.3. The number of fused-ring (bicyclic) bond motifs is 1. The summed E-state index contributed by atoms with van der Waals surface area (Å²) >= 11 is 1.65. The quantitative estimate of drug-likeness (QED) is 0.838. The Morgan fingerprint density at radius 3 is 2.78 bits per heavy atom. The van der Waals surface area contributed by atoms with Gasteiger partial charge in [0.2, 0.25) is 0 Å². The van der Waals surface area contributed by atoms with Gasteiger partial charge in [-0.3, -0.25) is 4.90 Å². The zero-order valence-corrected chi connectivity index (χ0v) is 11.7. The van der Waals surface area contributed by atoms with Crippen LogP contribution in [0, 0.1) is 0 Å². The number of nitrogens with two attached hydrogens (primary N) is 1. The summed E-state index contributed by atoms with van der Waals surface area (Å²) in [4.78, 5) is 2.33. The Morgan fingerprint density at radius 1 is 1.39 bits per heavy atom. The molecule has 1 aromatic carbocycles. The van der Waals surface area contributed by atoms with Crippen LogP contribution in [0.15, 0.2) is 24.3 Å². The van der Waals surface area contributed by atoms with Crippen LogP contribution in [0.3, 0.4) is 0 Å². The van der Waals surface area contributed by atoms with Crippen LogP contribution in [0.5, 0.6) is 0 Å². The molecular weight excluding hydrogens is 244 g/mol. The Hall–Kier alpha value is -0.550. The van der Waals surface area contributed by atoms with Gasteiger partial charge in [-0.05, 0) is 23.8 Å². The predicted octanol–water partition coefficient (Wildman–Crippen LogP) is 1.10. The summed E-state index contributed by atoms with van der Waals surface area (Å²) in [6, 6.07) is 8.57. The summed E-state index contributed by atoms with van der Waals surface area (Å²) in [7, 11) is 0. The molecule has 0 bridgehead atoms. The lowest BCUT2D eigenvalue weighted by Crippen LogP contribution is -2.42. The van der Waals surface area contributed by atoms with E-state index in [-0.39, 0.29) is 11.4 Å². The van der Waals surface area contributed by atoms with Crippen molar-refractivity contribution in [3.63, 3.8) is 0 Å². The second kappa shape index (κ2) is 6.57. The van der Waals surface area contributed by atoms with E-state index in [9.17, 15) is 5.11 Å². The second-order valence-corrected chi connectivity index (χ2v) is 5.91. The van der Waals surface area contributed by atoms with Gasteiger partial charge in [-0.2, -0.15) is 11.8 Å². The topological polar surface area (TPSA) is 49.5 Å². The van der Waals surface area contributed by atoms with Crippen molar-refractivity contribution in [2.45, 2.75) is 24.3 Å².